The molecule has 0 bridgehead atoms. The van der Waals surface area contributed by atoms with Crippen LogP contribution in [-0.2, 0) is 4.79 Å². The summed E-state index contributed by atoms with van der Waals surface area (Å²) in [5, 5.41) is 3.14. The molecule has 118 valence electrons. The van der Waals surface area contributed by atoms with E-state index in [2.05, 4.69) is 31.3 Å². The molecular formula is C17H28N2O2. The van der Waals surface area contributed by atoms with Crippen LogP contribution in [0, 0.1) is 0 Å². The predicted molar refractivity (Wildman–Crippen MR) is 86.5 cm³/mol. The van der Waals surface area contributed by atoms with Gasteiger partial charge in [-0.05, 0) is 30.0 Å². The molecule has 3 N–H and O–H groups in total. The van der Waals surface area contributed by atoms with Crippen LogP contribution in [0.1, 0.15) is 52.0 Å². The van der Waals surface area contributed by atoms with E-state index in [1.54, 1.807) is 0 Å². The number of hydrogen-bond donors (Lipinski definition) is 2. The number of nitrogens with two attached hydrogens (primary N) is 1. The molecule has 0 spiro atoms. The van der Waals surface area contributed by atoms with Crippen LogP contribution < -0.4 is 15.8 Å². The smallest absolute Gasteiger partial charge is 0.234 e. The molecule has 0 fully saturated rings. The van der Waals surface area contributed by atoms with Gasteiger partial charge in [-0.2, -0.15) is 0 Å². The van der Waals surface area contributed by atoms with Gasteiger partial charge in [-0.1, -0.05) is 39.8 Å². The van der Waals surface area contributed by atoms with Gasteiger partial charge in [-0.3, -0.25) is 4.79 Å². The van der Waals surface area contributed by atoms with Gasteiger partial charge >= 0.3 is 0 Å². The summed E-state index contributed by atoms with van der Waals surface area (Å²) in [6.45, 7) is 8.84. The van der Waals surface area contributed by atoms with Crippen molar-refractivity contribution in [2.45, 2.75) is 58.5 Å². The Kier molecular flexibility index (Phi) is 7.23. The Balaban J connectivity index is 2.45. The van der Waals surface area contributed by atoms with Gasteiger partial charge in [-0.25, -0.2) is 0 Å². The predicted octanol–water partition coefficient (Wildman–Crippen LogP) is 2.82. The maximum Gasteiger partial charge on any atom is 0.234 e. The number of nitrogens with one attached hydrogen (secondary N) is 1. The Labute approximate surface area is 128 Å². The lowest BCUT2D eigenvalue weighted by Crippen LogP contribution is -2.45. The number of carbonyl (C=O) groups excluding carboxylic acids is 1. The van der Waals surface area contributed by atoms with Crippen molar-refractivity contribution < 1.29 is 9.53 Å². The molecule has 2 unspecified atom stereocenters. The molecule has 1 aromatic carbocycles. The Bertz CT molecular complexity index is 429. The van der Waals surface area contributed by atoms with Gasteiger partial charge in [0, 0.05) is 12.5 Å². The van der Waals surface area contributed by atoms with Crippen LogP contribution in [0.25, 0.3) is 0 Å². The molecule has 0 aromatic heterocycles. The summed E-state index contributed by atoms with van der Waals surface area (Å²) < 4.78 is 5.69. The maximum absolute atomic E-state index is 11.3. The number of ether oxygens (including phenoxy) is 1. The van der Waals surface area contributed by atoms with E-state index in [0.29, 0.717) is 18.9 Å². The third kappa shape index (κ3) is 6.17. The molecule has 0 saturated carbocycles. The summed E-state index contributed by atoms with van der Waals surface area (Å²) in [5.41, 5.74) is 6.70. The highest BCUT2D eigenvalue weighted by molar-refractivity contribution is 5.79. The normalized spacial score (nSPS) is 14.0. The van der Waals surface area contributed by atoms with E-state index in [1.807, 2.05) is 26.0 Å². The van der Waals surface area contributed by atoms with Gasteiger partial charge < -0.3 is 15.8 Å². The molecular weight excluding hydrogens is 264 g/mol. The quantitative estimate of drug-likeness (QED) is 0.735. The van der Waals surface area contributed by atoms with Crippen LogP contribution in [0.3, 0.4) is 0 Å². The second kappa shape index (κ2) is 8.67. The lowest BCUT2D eigenvalue weighted by molar-refractivity contribution is -0.120. The van der Waals surface area contributed by atoms with E-state index >= 15 is 0 Å². The molecule has 4 heteroatoms. The van der Waals surface area contributed by atoms with Crippen molar-refractivity contribution in [3.05, 3.63) is 29.8 Å². The Morgan fingerprint density at radius 2 is 1.86 bits per heavy atom. The fourth-order valence-electron chi connectivity index (χ4n) is 2.13. The maximum atomic E-state index is 11.3. The molecule has 0 aliphatic rings. The van der Waals surface area contributed by atoms with E-state index in [-0.39, 0.29) is 18.0 Å². The molecule has 1 aromatic rings. The van der Waals surface area contributed by atoms with Crippen LogP contribution in [0.5, 0.6) is 5.75 Å². The zero-order valence-corrected chi connectivity index (χ0v) is 13.6. The van der Waals surface area contributed by atoms with Gasteiger partial charge in [0.1, 0.15) is 5.75 Å². The average Bonchev–Trinajstić information content (AvgIpc) is 2.45. The highest BCUT2D eigenvalue weighted by atomic mass is 16.5. The van der Waals surface area contributed by atoms with Crippen molar-refractivity contribution in [3.63, 3.8) is 0 Å². The van der Waals surface area contributed by atoms with Crippen molar-refractivity contribution in [1.29, 1.82) is 0 Å². The second-order valence-electron chi connectivity index (χ2n) is 5.79. The van der Waals surface area contributed by atoms with Crippen LogP contribution in [0.2, 0.25) is 0 Å². The Morgan fingerprint density at radius 1 is 1.24 bits per heavy atom. The van der Waals surface area contributed by atoms with Gasteiger partial charge in [0.25, 0.3) is 0 Å². The van der Waals surface area contributed by atoms with Crippen molar-refractivity contribution in [3.8, 4) is 5.75 Å². The lowest BCUT2D eigenvalue weighted by atomic mass is 9.99. The zero-order chi connectivity index (χ0) is 15.8. The third-order valence-electron chi connectivity index (χ3n) is 3.61. The average molecular weight is 292 g/mol. The monoisotopic (exact) mass is 292 g/mol. The fourth-order valence-corrected chi connectivity index (χ4v) is 2.13. The SMILES string of the molecule is CCC(C)c1ccc(OCCC(NC(C)C)C(N)=O)cc1. The molecule has 4 nitrogen and oxygen atoms in total. The summed E-state index contributed by atoms with van der Waals surface area (Å²) in [6, 6.07) is 8.04. The zero-order valence-electron chi connectivity index (χ0n) is 13.6. The van der Waals surface area contributed by atoms with Crippen molar-refractivity contribution in [2.75, 3.05) is 6.61 Å². The molecule has 2 atom stereocenters. The fraction of sp³-hybridized carbons (Fsp3) is 0.588. The first-order valence-corrected chi connectivity index (χ1v) is 7.72. The first-order valence-electron chi connectivity index (χ1n) is 7.72. The van der Waals surface area contributed by atoms with Gasteiger partial charge in [0.15, 0.2) is 0 Å². The van der Waals surface area contributed by atoms with E-state index in [9.17, 15) is 4.79 Å². The summed E-state index contributed by atoms with van der Waals surface area (Å²) in [6.07, 6.45) is 1.70. The van der Waals surface area contributed by atoms with Crippen molar-refractivity contribution in [2.24, 2.45) is 5.73 Å². The van der Waals surface area contributed by atoms with E-state index < -0.39 is 0 Å². The highest BCUT2D eigenvalue weighted by Crippen LogP contribution is 2.21. The number of amides is 1. The molecule has 0 aliphatic heterocycles. The second-order valence-corrected chi connectivity index (χ2v) is 5.79. The standard InChI is InChI=1S/C17H28N2O2/c1-5-13(4)14-6-8-15(9-7-14)21-11-10-16(17(18)20)19-12(2)3/h6-9,12-13,16,19H,5,10-11H2,1-4H3,(H2,18,20). The Morgan fingerprint density at radius 3 is 2.33 bits per heavy atom. The molecule has 21 heavy (non-hydrogen) atoms. The minimum absolute atomic E-state index is 0.220. The molecule has 1 rings (SSSR count). The van der Waals surface area contributed by atoms with E-state index in [0.717, 1.165) is 12.2 Å². The first-order chi connectivity index (χ1) is 9.93. The number of rotatable bonds is 9. The van der Waals surface area contributed by atoms with Gasteiger partial charge in [-0.15, -0.1) is 0 Å². The molecule has 0 saturated heterocycles. The number of benzene rings is 1. The van der Waals surface area contributed by atoms with Crippen LogP contribution in [0.4, 0.5) is 0 Å². The highest BCUT2D eigenvalue weighted by Gasteiger charge is 2.15. The van der Waals surface area contributed by atoms with Crippen LogP contribution in [0.15, 0.2) is 24.3 Å². The molecule has 0 heterocycles. The Hall–Kier alpha value is -1.55. The van der Waals surface area contributed by atoms with Crippen molar-refractivity contribution in [1.82, 2.24) is 5.32 Å². The molecule has 1 amide bonds. The summed E-state index contributed by atoms with van der Waals surface area (Å²) >= 11 is 0. The summed E-state index contributed by atoms with van der Waals surface area (Å²) in [5.74, 6) is 1.06. The number of carbonyl (C=O) groups is 1. The van der Waals surface area contributed by atoms with Crippen LogP contribution >= 0.6 is 0 Å². The molecule has 0 aliphatic carbocycles. The summed E-state index contributed by atoms with van der Waals surface area (Å²) in [7, 11) is 0. The lowest BCUT2D eigenvalue weighted by Gasteiger charge is -2.18. The number of primary amides is 1. The van der Waals surface area contributed by atoms with Crippen LogP contribution in [-0.4, -0.2) is 24.6 Å². The van der Waals surface area contributed by atoms with E-state index in [1.165, 1.54) is 5.56 Å². The topological polar surface area (TPSA) is 64.3 Å². The third-order valence-corrected chi connectivity index (χ3v) is 3.61. The van der Waals surface area contributed by atoms with Crippen molar-refractivity contribution >= 4 is 5.91 Å². The van der Waals surface area contributed by atoms with E-state index in [4.69, 9.17) is 10.5 Å². The minimum Gasteiger partial charge on any atom is -0.494 e. The molecule has 0 radical (unpaired) electrons. The largest absolute Gasteiger partial charge is 0.494 e. The first kappa shape index (κ1) is 17.5. The van der Waals surface area contributed by atoms with Gasteiger partial charge in [0.05, 0.1) is 12.6 Å². The number of hydrogen-bond acceptors (Lipinski definition) is 3. The summed E-state index contributed by atoms with van der Waals surface area (Å²) in [4.78, 5) is 11.3. The minimum atomic E-state index is -0.343. The van der Waals surface area contributed by atoms with Gasteiger partial charge in [0.2, 0.25) is 5.91 Å².